The van der Waals surface area contributed by atoms with Gasteiger partial charge < -0.3 is 10.5 Å². The molecule has 1 atom stereocenters. The normalized spacial score (nSPS) is 19.3. The van der Waals surface area contributed by atoms with Gasteiger partial charge in [0.1, 0.15) is 0 Å². The SMILES string of the molecule is Cc1c[c-]cc2c1OC(=O)CC2N.[Y]. The molecule has 0 saturated carbocycles. The number of fused-ring (bicyclic) bond motifs is 1. The van der Waals surface area contributed by atoms with Gasteiger partial charge in [-0.2, -0.15) is 18.2 Å². The van der Waals surface area contributed by atoms with Crippen LogP contribution < -0.4 is 10.5 Å². The smallest absolute Gasteiger partial charge is 0.309 e. The fraction of sp³-hybridized carbons (Fsp3) is 0.300. The molecule has 0 fully saturated rings. The summed E-state index contributed by atoms with van der Waals surface area (Å²) in [6.07, 6.45) is 0.254. The predicted octanol–water partition coefficient (Wildman–Crippen LogP) is 1.10. The second-order valence-electron chi connectivity index (χ2n) is 3.21. The van der Waals surface area contributed by atoms with Gasteiger partial charge in [-0.1, -0.05) is 12.5 Å². The van der Waals surface area contributed by atoms with Crippen LogP contribution in [0.2, 0.25) is 0 Å². The molecule has 2 N–H and O–H groups in total. The summed E-state index contributed by atoms with van der Waals surface area (Å²) >= 11 is 0. The van der Waals surface area contributed by atoms with Crippen molar-refractivity contribution < 1.29 is 42.2 Å². The molecule has 1 radical (unpaired) electrons. The molecule has 71 valence electrons. The van der Waals surface area contributed by atoms with Crippen molar-refractivity contribution in [1.82, 2.24) is 0 Å². The summed E-state index contributed by atoms with van der Waals surface area (Å²) in [5, 5.41) is 0. The number of hydrogen-bond donors (Lipinski definition) is 1. The number of hydrogen-bond acceptors (Lipinski definition) is 3. The molecule has 1 aliphatic heterocycles. The number of rotatable bonds is 0. The Morgan fingerprint density at radius 1 is 1.57 bits per heavy atom. The summed E-state index contributed by atoms with van der Waals surface area (Å²) in [5.41, 5.74) is 7.56. The van der Waals surface area contributed by atoms with Crippen molar-refractivity contribution in [2.45, 2.75) is 19.4 Å². The maximum Gasteiger partial charge on any atom is 0.309 e. The van der Waals surface area contributed by atoms with Crippen molar-refractivity contribution in [3.05, 3.63) is 29.3 Å². The molecule has 0 bridgehead atoms. The third-order valence-electron chi connectivity index (χ3n) is 2.16. The Hall–Kier alpha value is -0.246. The number of ether oxygens (including phenoxy) is 1. The van der Waals surface area contributed by atoms with Gasteiger partial charge >= 0.3 is 5.97 Å². The van der Waals surface area contributed by atoms with Gasteiger partial charge in [0.25, 0.3) is 0 Å². The Morgan fingerprint density at radius 3 is 3.00 bits per heavy atom. The molecule has 0 spiro atoms. The van der Waals surface area contributed by atoms with Crippen LogP contribution in [0.25, 0.3) is 0 Å². The minimum atomic E-state index is -0.255. The molecule has 0 amide bonds. The molecular weight excluding hydrogens is 255 g/mol. The molecule has 0 aromatic heterocycles. The van der Waals surface area contributed by atoms with E-state index < -0.39 is 0 Å². The molecule has 0 aliphatic carbocycles. The molecular formula is C10H10NO2Y-. The average Bonchev–Trinajstić information content (AvgIpc) is 2.07. The van der Waals surface area contributed by atoms with E-state index in [4.69, 9.17) is 10.5 Å². The second-order valence-corrected chi connectivity index (χ2v) is 3.21. The maximum absolute atomic E-state index is 11.1. The fourth-order valence-corrected chi connectivity index (χ4v) is 1.48. The second kappa shape index (κ2) is 4.52. The molecule has 4 heteroatoms. The summed E-state index contributed by atoms with van der Waals surface area (Å²) in [4.78, 5) is 11.1. The first-order valence-corrected chi connectivity index (χ1v) is 4.15. The summed E-state index contributed by atoms with van der Waals surface area (Å²) in [6, 6.07) is 6.28. The van der Waals surface area contributed by atoms with Crippen LogP contribution in [0.1, 0.15) is 23.6 Å². The molecule has 1 aromatic rings. The molecule has 2 rings (SSSR count). The Balaban J connectivity index is 0.000000980. The Bertz CT molecular complexity index is 365. The van der Waals surface area contributed by atoms with Gasteiger partial charge in [0.2, 0.25) is 0 Å². The van der Waals surface area contributed by atoms with Crippen LogP contribution in [0.3, 0.4) is 0 Å². The van der Waals surface area contributed by atoms with Gasteiger partial charge in [-0.05, 0) is 6.04 Å². The van der Waals surface area contributed by atoms with Crippen LogP contribution in [0.5, 0.6) is 5.75 Å². The van der Waals surface area contributed by atoms with Gasteiger partial charge in [0, 0.05) is 38.5 Å². The van der Waals surface area contributed by atoms with Gasteiger partial charge in [-0.25, -0.2) is 0 Å². The van der Waals surface area contributed by atoms with Crippen molar-refractivity contribution in [3.63, 3.8) is 0 Å². The molecule has 14 heavy (non-hydrogen) atoms. The van der Waals surface area contributed by atoms with E-state index in [9.17, 15) is 4.79 Å². The summed E-state index contributed by atoms with van der Waals surface area (Å²) in [6.45, 7) is 1.88. The van der Waals surface area contributed by atoms with E-state index >= 15 is 0 Å². The Kier molecular flexibility index (Phi) is 3.81. The Labute approximate surface area is 108 Å². The van der Waals surface area contributed by atoms with E-state index in [-0.39, 0.29) is 51.1 Å². The van der Waals surface area contributed by atoms with Crippen molar-refractivity contribution in [2.75, 3.05) is 0 Å². The third kappa shape index (κ3) is 2.05. The zero-order chi connectivity index (χ0) is 9.42. The van der Waals surface area contributed by atoms with Crippen LogP contribution >= 0.6 is 0 Å². The third-order valence-corrected chi connectivity index (χ3v) is 2.16. The molecule has 1 heterocycles. The van der Waals surface area contributed by atoms with E-state index in [2.05, 4.69) is 6.07 Å². The monoisotopic (exact) mass is 265 g/mol. The standard InChI is InChI=1S/C10H10NO2.Y/c1-6-3-2-4-7-8(11)5-9(12)13-10(6)7;/h3-4,8H,5,11H2,1H3;/q-1;. The largest absolute Gasteiger partial charge is 0.453 e. The molecule has 3 nitrogen and oxygen atoms in total. The molecule has 1 aromatic carbocycles. The first-order valence-electron chi connectivity index (χ1n) is 4.15. The first kappa shape index (κ1) is 11.8. The zero-order valence-corrected chi connectivity index (χ0v) is 10.7. The van der Waals surface area contributed by atoms with Crippen LogP contribution in [0.15, 0.2) is 12.1 Å². The zero-order valence-electron chi connectivity index (χ0n) is 7.91. The van der Waals surface area contributed by atoms with Crippen molar-refractivity contribution in [2.24, 2.45) is 5.73 Å². The first-order chi connectivity index (χ1) is 6.18. The van der Waals surface area contributed by atoms with Crippen molar-refractivity contribution >= 4 is 5.97 Å². The van der Waals surface area contributed by atoms with Gasteiger partial charge in [0.05, 0.1) is 6.42 Å². The maximum atomic E-state index is 11.1. The summed E-state index contributed by atoms with van der Waals surface area (Å²) in [5.74, 6) is 0.358. The minimum absolute atomic E-state index is 0. The van der Waals surface area contributed by atoms with Crippen LogP contribution in [-0.4, -0.2) is 5.97 Å². The quantitative estimate of drug-likeness (QED) is 0.434. The number of carbonyl (C=O) groups excluding carboxylic acids is 1. The van der Waals surface area contributed by atoms with E-state index in [1.807, 2.05) is 6.92 Å². The number of nitrogens with two attached hydrogens (primary N) is 1. The van der Waals surface area contributed by atoms with Crippen LogP contribution in [0, 0.1) is 13.0 Å². The fourth-order valence-electron chi connectivity index (χ4n) is 1.48. The molecule has 1 aliphatic rings. The van der Waals surface area contributed by atoms with Gasteiger partial charge in [-0.15, -0.1) is 5.56 Å². The van der Waals surface area contributed by atoms with E-state index in [1.54, 1.807) is 12.1 Å². The van der Waals surface area contributed by atoms with Crippen LogP contribution in [-0.2, 0) is 37.5 Å². The topological polar surface area (TPSA) is 52.3 Å². The average molecular weight is 265 g/mol. The summed E-state index contributed by atoms with van der Waals surface area (Å²) in [7, 11) is 0. The van der Waals surface area contributed by atoms with E-state index in [0.717, 1.165) is 11.1 Å². The molecule has 1 unspecified atom stereocenters. The number of benzene rings is 1. The minimum Gasteiger partial charge on any atom is -0.453 e. The van der Waals surface area contributed by atoms with E-state index in [0.29, 0.717) is 5.75 Å². The molecule has 0 saturated heterocycles. The van der Waals surface area contributed by atoms with Crippen LogP contribution in [0.4, 0.5) is 0 Å². The number of aryl methyl sites for hydroxylation is 1. The van der Waals surface area contributed by atoms with E-state index in [1.165, 1.54) is 0 Å². The Morgan fingerprint density at radius 2 is 2.29 bits per heavy atom. The van der Waals surface area contributed by atoms with Crippen molar-refractivity contribution in [3.8, 4) is 5.75 Å². The summed E-state index contributed by atoms with van der Waals surface area (Å²) < 4.78 is 5.09. The predicted molar refractivity (Wildman–Crippen MR) is 47.2 cm³/mol. The van der Waals surface area contributed by atoms with Crippen molar-refractivity contribution in [1.29, 1.82) is 0 Å². The number of carbonyl (C=O) groups is 1. The van der Waals surface area contributed by atoms with Gasteiger partial charge in [0.15, 0.2) is 0 Å². The van der Waals surface area contributed by atoms with Gasteiger partial charge in [-0.3, -0.25) is 4.79 Å². The number of esters is 1.